The summed E-state index contributed by atoms with van der Waals surface area (Å²) in [6, 6.07) is 1.80. The van der Waals surface area contributed by atoms with Gasteiger partial charge in [-0.25, -0.2) is 4.79 Å². The number of H-pyrrole nitrogens is 1. The smallest absolute Gasteiger partial charge is 0.293 e. The molecule has 1 aliphatic rings. The molecule has 0 radical (unpaired) electrons. The van der Waals surface area contributed by atoms with Crippen LogP contribution in [0.3, 0.4) is 0 Å². The average Bonchev–Trinajstić information content (AvgIpc) is 2.66. The fourth-order valence-corrected chi connectivity index (χ4v) is 2.33. The summed E-state index contributed by atoms with van der Waals surface area (Å²) in [6.07, 6.45) is 5.34. The summed E-state index contributed by atoms with van der Waals surface area (Å²) in [5.41, 5.74) is -1.29. The highest BCUT2D eigenvalue weighted by Crippen LogP contribution is 2.34. The van der Waals surface area contributed by atoms with Gasteiger partial charge in [0.15, 0.2) is 0 Å². The molecule has 1 aromatic heterocycles. The lowest BCUT2D eigenvalue weighted by atomic mass is 10.0. The van der Waals surface area contributed by atoms with Gasteiger partial charge in [-0.05, 0) is 19.8 Å². The van der Waals surface area contributed by atoms with Crippen LogP contribution in [0.4, 0.5) is 0 Å². The zero-order valence-corrected chi connectivity index (χ0v) is 9.12. The minimum atomic E-state index is -0.606. The van der Waals surface area contributed by atoms with Gasteiger partial charge in [-0.2, -0.15) is 5.26 Å². The molecule has 16 heavy (non-hydrogen) atoms. The van der Waals surface area contributed by atoms with E-state index in [1.807, 2.05) is 6.92 Å². The normalized spacial score (nSPS) is 18.2. The molecular weight excluding hydrogens is 206 g/mol. The van der Waals surface area contributed by atoms with E-state index in [9.17, 15) is 9.59 Å². The predicted octanol–water partition coefficient (Wildman–Crippen LogP) is 0.697. The molecule has 1 saturated carbocycles. The Bertz CT molecular complexity index is 556. The van der Waals surface area contributed by atoms with Gasteiger partial charge in [0.05, 0.1) is 0 Å². The fourth-order valence-electron chi connectivity index (χ4n) is 2.33. The number of aromatic nitrogens is 2. The van der Waals surface area contributed by atoms with E-state index < -0.39 is 11.2 Å². The molecular formula is C11H13N3O2. The highest BCUT2D eigenvalue weighted by Gasteiger charge is 2.31. The number of aromatic amines is 1. The van der Waals surface area contributed by atoms with Gasteiger partial charge in [0.25, 0.3) is 5.56 Å². The Morgan fingerprint density at radius 3 is 2.62 bits per heavy atom. The molecule has 0 amide bonds. The molecule has 0 spiro atoms. The van der Waals surface area contributed by atoms with Crippen molar-refractivity contribution in [3.8, 4) is 6.07 Å². The number of hydrogen-bond donors (Lipinski definition) is 1. The van der Waals surface area contributed by atoms with E-state index in [0.717, 1.165) is 25.7 Å². The number of nitriles is 1. The third-order valence-electron chi connectivity index (χ3n) is 3.32. The molecule has 0 bridgehead atoms. The maximum atomic E-state index is 11.7. The lowest BCUT2D eigenvalue weighted by Gasteiger charge is -2.26. The zero-order valence-electron chi connectivity index (χ0n) is 9.12. The minimum absolute atomic E-state index is 0.00674. The van der Waals surface area contributed by atoms with E-state index in [-0.39, 0.29) is 11.1 Å². The maximum absolute atomic E-state index is 11.7. The second-order valence-electron chi connectivity index (χ2n) is 4.49. The molecule has 0 aromatic carbocycles. The lowest BCUT2D eigenvalue weighted by molar-refractivity contribution is 0.313. The number of nitrogens with one attached hydrogen (secondary N) is 1. The van der Waals surface area contributed by atoms with Crippen molar-refractivity contribution in [2.75, 3.05) is 0 Å². The Morgan fingerprint density at radius 1 is 1.44 bits per heavy atom. The van der Waals surface area contributed by atoms with Gasteiger partial charge in [0.2, 0.25) is 0 Å². The Morgan fingerprint density at radius 2 is 2.06 bits per heavy atom. The van der Waals surface area contributed by atoms with E-state index in [1.54, 1.807) is 6.07 Å². The molecule has 5 heteroatoms. The van der Waals surface area contributed by atoms with Crippen molar-refractivity contribution in [1.82, 2.24) is 9.55 Å². The highest BCUT2D eigenvalue weighted by molar-refractivity contribution is 5.22. The first-order valence-electron chi connectivity index (χ1n) is 5.33. The van der Waals surface area contributed by atoms with E-state index in [0.29, 0.717) is 0 Å². The minimum Gasteiger partial charge on any atom is -0.293 e. The molecule has 0 aliphatic heterocycles. The van der Waals surface area contributed by atoms with Crippen LogP contribution in [0, 0.1) is 11.3 Å². The van der Waals surface area contributed by atoms with Crippen molar-refractivity contribution < 1.29 is 0 Å². The molecule has 1 heterocycles. The summed E-state index contributed by atoms with van der Waals surface area (Å²) in [5.74, 6) is 0. The number of nitrogens with zero attached hydrogens (tertiary/aromatic N) is 2. The maximum Gasteiger partial charge on any atom is 0.328 e. The largest absolute Gasteiger partial charge is 0.328 e. The summed E-state index contributed by atoms with van der Waals surface area (Å²) in [6.45, 7) is 1.99. The zero-order chi connectivity index (χ0) is 11.8. The highest BCUT2D eigenvalue weighted by atomic mass is 16.2. The third kappa shape index (κ3) is 1.56. The first kappa shape index (κ1) is 10.7. The van der Waals surface area contributed by atoms with Gasteiger partial charge in [0.1, 0.15) is 11.6 Å². The van der Waals surface area contributed by atoms with Crippen LogP contribution >= 0.6 is 0 Å². The van der Waals surface area contributed by atoms with Crippen LogP contribution in [0.25, 0.3) is 0 Å². The van der Waals surface area contributed by atoms with Gasteiger partial charge in [-0.3, -0.25) is 14.3 Å². The van der Waals surface area contributed by atoms with E-state index >= 15 is 0 Å². The Labute approximate surface area is 92.3 Å². The van der Waals surface area contributed by atoms with Crippen molar-refractivity contribution in [2.45, 2.75) is 38.1 Å². The second-order valence-corrected chi connectivity index (χ2v) is 4.49. The topological polar surface area (TPSA) is 78.7 Å². The second kappa shape index (κ2) is 3.63. The third-order valence-corrected chi connectivity index (χ3v) is 3.32. The van der Waals surface area contributed by atoms with Crippen molar-refractivity contribution >= 4 is 0 Å². The first-order valence-corrected chi connectivity index (χ1v) is 5.33. The lowest BCUT2D eigenvalue weighted by Crippen LogP contribution is -2.41. The summed E-state index contributed by atoms with van der Waals surface area (Å²) in [4.78, 5) is 25.1. The molecule has 84 valence electrons. The Kier molecular flexibility index (Phi) is 2.43. The SMILES string of the molecule is CC1(n2cc(C#N)c(=O)[nH]c2=O)CCCC1. The summed E-state index contributed by atoms with van der Waals surface area (Å²) in [5, 5.41) is 8.78. The fraction of sp³-hybridized carbons (Fsp3) is 0.545. The first-order chi connectivity index (χ1) is 7.57. The van der Waals surface area contributed by atoms with Crippen LogP contribution in [-0.4, -0.2) is 9.55 Å². The quantitative estimate of drug-likeness (QED) is 0.755. The molecule has 2 rings (SSSR count). The number of hydrogen-bond acceptors (Lipinski definition) is 3. The van der Waals surface area contributed by atoms with Crippen molar-refractivity contribution in [1.29, 1.82) is 5.26 Å². The van der Waals surface area contributed by atoms with Gasteiger partial charge in [0, 0.05) is 11.7 Å². The standard InChI is InChI=1S/C11H13N3O2/c1-11(4-2-3-5-11)14-7-8(6-12)9(15)13-10(14)16/h7H,2-5H2,1H3,(H,13,15,16). The predicted molar refractivity (Wildman–Crippen MR) is 58.2 cm³/mol. The molecule has 0 saturated heterocycles. The molecule has 0 unspecified atom stereocenters. The molecule has 1 N–H and O–H groups in total. The summed E-state index contributed by atoms with van der Waals surface area (Å²) < 4.78 is 1.50. The molecule has 0 atom stereocenters. The van der Waals surface area contributed by atoms with Crippen molar-refractivity contribution in [2.24, 2.45) is 0 Å². The van der Waals surface area contributed by atoms with Crippen LogP contribution in [0.2, 0.25) is 0 Å². The van der Waals surface area contributed by atoms with Crippen LogP contribution in [-0.2, 0) is 5.54 Å². The number of rotatable bonds is 1. The van der Waals surface area contributed by atoms with Gasteiger partial charge < -0.3 is 0 Å². The van der Waals surface area contributed by atoms with Crippen LogP contribution in [0.15, 0.2) is 15.8 Å². The summed E-state index contributed by atoms with van der Waals surface area (Å²) >= 11 is 0. The van der Waals surface area contributed by atoms with Gasteiger partial charge in [-0.15, -0.1) is 0 Å². The van der Waals surface area contributed by atoms with Gasteiger partial charge in [-0.1, -0.05) is 12.8 Å². The van der Waals surface area contributed by atoms with Crippen LogP contribution in [0.1, 0.15) is 38.2 Å². The Balaban J connectivity index is 2.62. The average molecular weight is 219 g/mol. The van der Waals surface area contributed by atoms with E-state index in [1.165, 1.54) is 10.8 Å². The monoisotopic (exact) mass is 219 g/mol. The molecule has 1 aromatic rings. The van der Waals surface area contributed by atoms with Crippen molar-refractivity contribution in [3.05, 3.63) is 32.6 Å². The van der Waals surface area contributed by atoms with E-state index in [4.69, 9.17) is 5.26 Å². The molecule has 5 nitrogen and oxygen atoms in total. The van der Waals surface area contributed by atoms with Crippen LogP contribution < -0.4 is 11.2 Å². The molecule has 1 aliphatic carbocycles. The van der Waals surface area contributed by atoms with Crippen LogP contribution in [0.5, 0.6) is 0 Å². The van der Waals surface area contributed by atoms with E-state index in [2.05, 4.69) is 4.98 Å². The summed E-state index contributed by atoms with van der Waals surface area (Å²) in [7, 11) is 0. The molecule has 1 fully saturated rings. The Hall–Kier alpha value is -1.83. The van der Waals surface area contributed by atoms with Crippen molar-refractivity contribution in [3.63, 3.8) is 0 Å². The van der Waals surface area contributed by atoms with Gasteiger partial charge >= 0.3 is 5.69 Å².